The lowest BCUT2D eigenvalue weighted by Crippen LogP contribution is -2.21. The summed E-state index contributed by atoms with van der Waals surface area (Å²) in [5, 5.41) is 21.2. The van der Waals surface area contributed by atoms with Crippen molar-refractivity contribution in [3.63, 3.8) is 0 Å². The van der Waals surface area contributed by atoms with E-state index in [1.54, 1.807) is 0 Å². The number of nitrogens with zero attached hydrogens (tertiary/aromatic N) is 1. The van der Waals surface area contributed by atoms with Crippen LogP contribution in [0.4, 0.5) is 5.69 Å². The summed E-state index contributed by atoms with van der Waals surface area (Å²) in [5.74, 6) is -1.79. The van der Waals surface area contributed by atoms with Gasteiger partial charge < -0.3 is 14.3 Å². The second-order valence-electron chi connectivity index (χ2n) is 2.88. The SMILES string of the molecule is O=C([O-])c1cc2cc([N+](=O)[O-])ccc2o1. The van der Waals surface area contributed by atoms with Crippen LogP contribution in [-0.4, -0.2) is 10.9 Å². The van der Waals surface area contributed by atoms with Crippen molar-refractivity contribution in [2.24, 2.45) is 0 Å². The van der Waals surface area contributed by atoms with Gasteiger partial charge in [0.2, 0.25) is 0 Å². The lowest BCUT2D eigenvalue weighted by molar-refractivity contribution is -0.384. The van der Waals surface area contributed by atoms with Gasteiger partial charge in [-0.15, -0.1) is 0 Å². The number of hydrogen-bond acceptors (Lipinski definition) is 5. The molecule has 0 aliphatic heterocycles. The van der Waals surface area contributed by atoms with Gasteiger partial charge in [0.15, 0.2) is 5.76 Å². The maximum absolute atomic E-state index is 10.5. The monoisotopic (exact) mass is 206 g/mol. The number of aromatic carboxylic acids is 1. The Morgan fingerprint density at radius 3 is 2.67 bits per heavy atom. The molecule has 0 saturated heterocycles. The summed E-state index contributed by atoms with van der Waals surface area (Å²) in [7, 11) is 0. The normalized spacial score (nSPS) is 10.4. The number of carbonyl (C=O) groups is 1. The van der Waals surface area contributed by atoms with Crippen LogP contribution < -0.4 is 5.11 Å². The average Bonchev–Trinajstić information content (AvgIpc) is 2.59. The van der Waals surface area contributed by atoms with Crippen LogP contribution in [0.2, 0.25) is 0 Å². The topological polar surface area (TPSA) is 96.4 Å². The summed E-state index contributed by atoms with van der Waals surface area (Å²) in [6, 6.07) is 5.02. The molecule has 1 aromatic carbocycles. The Kier molecular flexibility index (Phi) is 1.89. The number of carboxylic acid groups (broad SMARTS) is 1. The number of rotatable bonds is 2. The molecule has 0 fully saturated rings. The van der Waals surface area contributed by atoms with Gasteiger partial charge >= 0.3 is 0 Å². The molecule has 0 unspecified atom stereocenters. The largest absolute Gasteiger partial charge is 0.542 e. The van der Waals surface area contributed by atoms with Gasteiger partial charge in [0.1, 0.15) is 11.6 Å². The fraction of sp³-hybridized carbons (Fsp3) is 0. The van der Waals surface area contributed by atoms with Crippen LogP contribution in [0.3, 0.4) is 0 Å². The number of nitro groups is 1. The van der Waals surface area contributed by atoms with Crippen LogP contribution >= 0.6 is 0 Å². The van der Waals surface area contributed by atoms with E-state index in [1.165, 1.54) is 24.3 Å². The van der Waals surface area contributed by atoms with Gasteiger partial charge in [-0.2, -0.15) is 0 Å². The van der Waals surface area contributed by atoms with E-state index < -0.39 is 10.9 Å². The Morgan fingerprint density at radius 2 is 2.07 bits per heavy atom. The highest BCUT2D eigenvalue weighted by Gasteiger charge is 2.10. The summed E-state index contributed by atoms with van der Waals surface area (Å²) in [5.41, 5.74) is 0.160. The molecule has 0 aliphatic rings. The van der Waals surface area contributed by atoms with E-state index >= 15 is 0 Å². The molecule has 0 bridgehead atoms. The standard InChI is InChI=1S/C9H5NO5/c11-9(12)8-4-5-3-6(10(13)14)1-2-7(5)15-8/h1-4H,(H,11,12)/p-1. The fourth-order valence-electron chi connectivity index (χ4n) is 1.24. The summed E-state index contributed by atoms with van der Waals surface area (Å²) in [6.45, 7) is 0. The number of nitro benzene ring substituents is 1. The van der Waals surface area contributed by atoms with Crippen molar-refractivity contribution in [1.82, 2.24) is 0 Å². The predicted octanol–water partition coefficient (Wildman–Crippen LogP) is 0.704. The van der Waals surface area contributed by atoms with Crippen molar-refractivity contribution in [2.45, 2.75) is 0 Å². The first-order valence-electron chi connectivity index (χ1n) is 3.97. The van der Waals surface area contributed by atoms with Crippen LogP contribution in [0.15, 0.2) is 28.7 Å². The number of hydrogen-bond donors (Lipinski definition) is 0. The summed E-state index contributed by atoms with van der Waals surface area (Å²) in [6.07, 6.45) is 0. The number of carbonyl (C=O) groups excluding carboxylic acids is 1. The number of furan rings is 1. The molecule has 0 N–H and O–H groups in total. The first-order valence-corrected chi connectivity index (χ1v) is 3.97. The molecule has 0 amide bonds. The number of non-ortho nitro benzene ring substituents is 1. The van der Waals surface area contributed by atoms with Gasteiger partial charge in [0.05, 0.1) is 4.92 Å². The molecule has 15 heavy (non-hydrogen) atoms. The van der Waals surface area contributed by atoms with Crippen molar-refractivity contribution in [3.05, 3.63) is 40.1 Å². The molecule has 6 heteroatoms. The second kappa shape index (κ2) is 3.09. The molecule has 0 spiro atoms. The Balaban J connectivity index is 2.62. The molecule has 0 atom stereocenters. The molecule has 1 heterocycles. The molecule has 2 rings (SSSR count). The summed E-state index contributed by atoms with van der Waals surface area (Å²) in [4.78, 5) is 20.3. The van der Waals surface area contributed by atoms with Gasteiger partial charge in [-0.1, -0.05) is 0 Å². The predicted molar refractivity (Wildman–Crippen MR) is 47.2 cm³/mol. The van der Waals surface area contributed by atoms with Crippen molar-refractivity contribution < 1.29 is 19.2 Å². The highest BCUT2D eigenvalue weighted by atomic mass is 16.6. The number of carboxylic acids is 1. The summed E-state index contributed by atoms with van der Waals surface area (Å²) < 4.78 is 4.88. The molecule has 0 aliphatic carbocycles. The molecule has 76 valence electrons. The third kappa shape index (κ3) is 1.52. The van der Waals surface area contributed by atoms with Crippen LogP contribution in [0.1, 0.15) is 10.6 Å². The van der Waals surface area contributed by atoms with E-state index in [2.05, 4.69) is 0 Å². The molecule has 0 radical (unpaired) electrons. The van der Waals surface area contributed by atoms with E-state index in [1.807, 2.05) is 0 Å². The zero-order valence-electron chi connectivity index (χ0n) is 7.30. The molecule has 1 aromatic heterocycles. The van der Waals surface area contributed by atoms with E-state index in [0.717, 1.165) is 0 Å². The Hall–Kier alpha value is -2.37. The van der Waals surface area contributed by atoms with E-state index in [0.29, 0.717) is 5.39 Å². The lowest BCUT2D eigenvalue weighted by atomic mass is 10.2. The number of fused-ring (bicyclic) bond motifs is 1. The zero-order chi connectivity index (χ0) is 11.0. The van der Waals surface area contributed by atoms with Crippen molar-refractivity contribution in [3.8, 4) is 0 Å². The highest BCUT2D eigenvalue weighted by molar-refractivity contribution is 5.90. The van der Waals surface area contributed by atoms with Gasteiger partial charge in [-0.3, -0.25) is 10.1 Å². The van der Waals surface area contributed by atoms with Crippen LogP contribution in [0.25, 0.3) is 11.0 Å². The minimum Gasteiger partial charge on any atom is -0.542 e. The van der Waals surface area contributed by atoms with Crippen molar-refractivity contribution >= 4 is 22.6 Å². The quantitative estimate of drug-likeness (QED) is 0.532. The van der Waals surface area contributed by atoms with E-state index in [9.17, 15) is 20.0 Å². The van der Waals surface area contributed by atoms with Crippen molar-refractivity contribution in [2.75, 3.05) is 0 Å². The summed E-state index contributed by atoms with van der Waals surface area (Å²) >= 11 is 0. The third-order valence-corrected chi connectivity index (χ3v) is 1.91. The maximum atomic E-state index is 10.5. The highest BCUT2D eigenvalue weighted by Crippen LogP contribution is 2.23. The first-order chi connectivity index (χ1) is 7.08. The van der Waals surface area contributed by atoms with Crippen LogP contribution in [0.5, 0.6) is 0 Å². The minimum atomic E-state index is -1.45. The molecule has 2 aromatic rings. The Bertz CT molecular complexity index is 545. The molecular weight excluding hydrogens is 202 g/mol. The Labute approximate surface area is 82.9 Å². The molecular formula is C9H4NO5-. The lowest BCUT2D eigenvalue weighted by Gasteiger charge is -1.92. The zero-order valence-corrected chi connectivity index (χ0v) is 7.30. The molecule has 6 nitrogen and oxygen atoms in total. The van der Waals surface area contributed by atoms with E-state index in [4.69, 9.17) is 4.42 Å². The third-order valence-electron chi connectivity index (χ3n) is 1.91. The van der Waals surface area contributed by atoms with Crippen LogP contribution in [-0.2, 0) is 0 Å². The Morgan fingerprint density at radius 1 is 1.33 bits per heavy atom. The fourth-order valence-corrected chi connectivity index (χ4v) is 1.24. The maximum Gasteiger partial charge on any atom is 0.270 e. The average molecular weight is 206 g/mol. The van der Waals surface area contributed by atoms with Gasteiger partial charge in [0.25, 0.3) is 5.69 Å². The number of benzene rings is 1. The van der Waals surface area contributed by atoms with E-state index in [-0.39, 0.29) is 17.0 Å². The van der Waals surface area contributed by atoms with Gasteiger partial charge in [-0.05, 0) is 12.1 Å². The molecule has 0 saturated carbocycles. The van der Waals surface area contributed by atoms with Gasteiger partial charge in [0, 0.05) is 17.5 Å². The van der Waals surface area contributed by atoms with Crippen molar-refractivity contribution in [1.29, 1.82) is 0 Å². The minimum absolute atomic E-state index is 0.117. The van der Waals surface area contributed by atoms with Gasteiger partial charge in [-0.25, -0.2) is 0 Å². The first kappa shape index (κ1) is 9.20. The second-order valence-corrected chi connectivity index (χ2v) is 2.88. The smallest absolute Gasteiger partial charge is 0.270 e. The van der Waals surface area contributed by atoms with Crippen LogP contribution in [0, 0.1) is 10.1 Å².